The van der Waals surface area contributed by atoms with Crippen molar-refractivity contribution in [3.8, 4) is 5.75 Å². The molecule has 0 radical (unpaired) electrons. The minimum atomic E-state index is 0.136. The molecule has 0 atom stereocenters. The molecule has 3 aliphatic rings. The van der Waals surface area contributed by atoms with E-state index in [1.165, 1.54) is 25.7 Å². The molecule has 0 unspecified atom stereocenters. The zero-order valence-electron chi connectivity index (χ0n) is 14.2. The summed E-state index contributed by atoms with van der Waals surface area (Å²) in [5, 5.41) is 0. The summed E-state index contributed by atoms with van der Waals surface area (Å²) in [6.07, 6.45) is 6.46. The first kappa shape index (κ1) is 15.9. The number of hydrogen-bond donors (Lipinski definition) is 0. The highest BCUT2D eigenvalue weighted by Gasteiger charge is 2.27. The molecule has 1 saturated carbocycles. The van der Waals surface area contributed by atoms with E-state index in [9.17, 15) is 4.79 Å². The first-order chi connectivity index (χ1) is 11.8. The van der Waals surface area contributed by atoms with Gasteiger partial charge < -0.3 is 14.4 Å². The van der Waals surface area contributed by atoms with E-state index in [1.807, 2.05) is 23.1 Å². The minimum Gasteiger partial charge on any atom is -0.467 e. The van der Waals surface area contributed by atoms with Crippen LogP contribution in [0, 0.1) is 0 Å². The van der Waals surface area contributed by atoms with Crippen LogP contribution in [-0.2, 0) is 11.3 Å². The molecule has 5 nitrogen and oxygen atoms in total. The van der Waals surface area contributed by atoms with Gasteiger partial charge in [0.25, 0.3) is 5.91 Å². The van der Waals surface area contributed by atoms with Gasteiger partial charge in [-0.05, 0) is 37.5 Å². The zero-order chi connectivity index (χ0) is 16.4. The average molecular weight is 330 g/mol. The van der Waals surface area contributed by atoms with Gasteiger partial charge in [-0.15, -0.1) is 0 Å². The molecular weight excluding hydrogens is 304 g/mol. The smallest absolute Gasteiger partial charge is 0.253 e. The van der Waals surface area contributed by atoms with Crippen molar-refractivity contribution in [1.29, 1.82) is 0 Å². The molecule has 2 heterocycles. The Bertz CT molecular complexity index is 598. The van der Waals surface area contributed by atoms with Gasteiger partial charge in [0.05, 0.1) is 6.61 Å². The second kappa shape index (κ2) is 7.11. The number of ether oxygens (including phenoxy) is 2. The van der Waals surface area contributed by atoms with E-state index in [4.69, 9.17) is 9.47 Å². The zero-order valence-corrected chi connectivity index (χ0v) is 14.2. The van der Waals surface area contributed by atoms with Crippen molar-refractivity contribution >= 4 is 5.91 Å². The van der Waals surface area contributed by atoms with Gasteiger partial charge in [-0.25, -0.2) is 0 Å². The maximum atomic E-state index is 12.9. The quantitative estimate of drug-likeness (QED) is 0.836. The summed E-state index contributed by atoms with van der Waals surface area (Å²) in [7, 11) is 0. The number of amides is 1. The van der Waals surface area contributed by atoms with Crippen molar-refractivity contribution in [1.82, 2.24) is 9.80 Å². The molecule has 1 aromatic rings. The van der Waals surface area contributed by atoms with Crippen LogP contribution in [0.25, 0.3) is 0 Å². The normalized spacial score (nSPS) is 22.8. The first-order valence-electron chi connectivity index (χ1n) is 9.18. The fourth-order valence-corrected chi connectivity index (χ4v) is 4.18. The molecule has 1 aromatic carbocycles. The number of benzene rings is 1. The molecule has 0 N–H and O–H groups in total. The van der Waals surface area contributed by atoms with E-state index in [1.54, 1.807) is 0 Å². The second-order valence-corrected chi connectivity index (χ2v) is 7.05. The van der Waals surface area contributed by atoms with Crippen molar-refractivity contribution in [2.75, 3.05) is 33.0 Å². The van der Waals surface area contributed by atoms with E-state index in [0.717, 1.165) is 55.5 Å². The van der Waals surface area contributed by atoms with Gasteiger partial charge in [-0.3, -0.25) is 9.69 Å². The van der Waals surface area contributed by atoms with E-state index >= 15 is 0 Å². The van der Waals surface area contributed by atoms with E-state index in [2.05, 4.69) is 4.90 Å². The number of carbonyl (C=O) groups excluding carboxylic acids is 1. The standard InChI is InChI=1S/C19H26N2O3/c22-19(15-6-7-18-16(12-15)13-23-14-24-18)21-9-3-8-20(10-11-21)17-4-1-2-5-17/h6-7,12,17H,1-5,8-11,13-14H2. The molecule has 1 aliphatic carbocycles. The lowest BCUT2D eigenvalue weighted by Crippen LogP contribution is -2.38. The summed E-state index contributed by atoms with van der Waals surface area (Å²) < 4.78 is 10.8. The highest BCUT2D eigenvalue weighted by molar-refractivity contribution is 5.94. The van der Waals surface area contributed by atoms with Gasteiger partial charge in [0.15, 0.2) is 6.79 Å². The largest absolute Gasteiger partial charge is 0.467 e. The molecule has 2 aliphatic heterocycles. The summed E-state index contributed by atoms with van der Waals surface area (Å²) >= 11 is 0. The van der Waals surface area contributed by atoms with Gasteiger partial charge in [0.2, 0.25) is 0 Å². The van der Waals surface area contributed by atoms with Crippen LogP contribution in [0.15, 0.2) is 18.2 Å². The maximum absolute atomic E-state index is 12.9. The van der Waals surface area contributed by atoms with Crippen LogP contribution >= 0.6 is 0 Å². The van der Waals surface area contributed by atoms with E-state index in [0.29, 0.717) is 13.4 Å². The number of fused-ring (bicyclic) bond motifs is 1. The average Bonchev–Trinajstić information content (AvgIpc) is 3.05. The maximum Gasteiger partial charge on any atom is 0.253 e. The molecule has 130 valence electrons. The lowest BCUT2D eigenvalue weighted by molar-refractivity contribution is -0.0164. The molecule has 1 amide bonds. The Labute approximate surface area is 143 Å². The summed E-state index contributed by atoms with van der Waals surface area (Å²) in [5.74, 6) is 0.970. The lowest BCUT2D eigenvalue weighted by Gasteiger charge is -2.27. The summed E-state index contributed by atoms with van der Waals surface area (Å²) in [6.45, 7) is 4.63. The van der Waals surface area contributed by atoms with Crippen molar-refractivity contribution in [2.45, 2.75) is 44.8 Å². The van der Waals surface area contributed by atoms with Crippen LogP contribution in [0.5, 0.6) is 5.75 Å². The summed E-state index contributed by atoms with van der Waals surface area (Å²) in [5.41, 5.74) is 1.71. The topological polar surface area (TPSA) is 42.0 Å². The number of hydrogen-bond acceptors (Lipinski definition) is 4. The van der Waals surface area contributed by atoms with Crippen LogP contribution in [-0.4, -0.2) is 54.7 Å². The monoisotopic (exact) mass is 330 g/mol. The summed E-state index contributed by atoms with van der Waals surface area (Å²) in [6, 6.07) is 6.45. The molecule has 0 spiro atoms. The number of carbonyl (C=O) groups is 1. The number of rotatable bonds is 2. The van der Waals surface area contributed by atoms with Gasteiger partial charge >= 0.3 is 0 Å². The fourth-order valence-electron chi connectivity index (χ4n) is 4.18. The summed E-state index contributed by atoms with van der Waals surface area (Å²) in [4.78, 5) is 17.5. The third-order valence-corrected chi connectivity index (χ3v) is 5.52. The van der Waals surface area contributed by atoms with Crippen LogP contribution in [0.2, 0.25) is 0 Å². The SMILES string of the molecule is O=C(c1ccc2c(c1)COCO2)N1CCCN(C2CCCC2)CC1. The molecule has 4 rings (SSSR count). The van der Waals surface area contributed by atoms with Gasteiger partial charge in [0, 0.05) is 43.3 Å². The lowest BCUT2D eigenvalue weighted by atomic mass is 10.1. The number of nitrogens with zero attached hydrogens (tertiary/aromatic N) is 2. The molecular formula is C19H26N2O3. The Hall–Kier alpha value is -1.59. The molecule has 24 heavy (non-hydrogen) atoms. The molecule has 0 aromatic heterocycles. The van der Waals surface area contributed by atoms with Gasteiger partial charge in [0.1, 0.15) is 5.75 Å². The Balaban J connectivity index is 1.42. The second-order valence-electron chi connectivity index (χ2n) is 7.05. The van der Waals surface area contributed by atoms with Crippen molar-refractivity contribution < 1.29 is 14.3 Å². The first-order valence-corrected chi connectivity index (χ1v) is 9.18. The molecule has 2 fully saturated rings. The Kier molecular flexibility index (Phi) is 4.72. The van der Waals surface area contributed by atoms with Crippen molar-refractivity contribution in [2.24, 2.45) is 0 Å². The Morgan fingerprint density at radius 3 is 2.79 bits per heavy atom. The van der Waals surface area contributed by atoms with E-state index < -0.39 is 0 Å². The van der Waals surface area contributed by atoms with Crippen LogP contribution in [0.4, 0.5) is 0 Å². The molecule has 0 bridgehead atoms. The van der Waals surface area contributed by atoms with Crippen molar-refractivity contribution in [3.05, 3.63) is 29.3 Å². The van der Waals surface area contributed by atoms with Crippen LogP contribution < -0.4 is 4.74 Å². The third-order valence-electron chi connectivity index (χ3n) is 5.52. The predicted molar refractivity (Wildman–Crippen MR) is 91.1 cm³/mol. The van der Waals surface area contributed by atoms with Crippen LogP contribution in [0.3, 0.4) is 0 Å². The molecule has 5 heteroatoms. The fraction of sp³-hybridized carbons (Fsp3) is 0.632. The van der Waals surface area contributed by atoms with Gasteiger partial charge in [-0.2, -0.15) is 0 Å². The third kappa shape index (κ3) is 3.28. The van der Waals surface area contributed by atoms with E-state index in [-0.39, 0.29) is 5.91 Å². The van der Waals surface area contributed by atoms with Crippen LogP contribution in [0.1, 0.15) is 48.0 Å². The Morgan fingerprint density at radius 2 is 1.92 bits per heavy atom. The minimum absolute atomic E-state index is 0.136. The van der Waals surface area contributed by atoms with Crippen molar-refractivity contribution in [3.63, 3.8) is 0 Å². The molecule has 1 saturated heterocycles. The van der Waals surface area contributed by atoms with Gasteiger partial charge in [-0.1, -0.05) is 12.8 Å². The Morgan fingerprint density at radius 1 is 1.04 bits per heavy atom. The predicted octanol–water partition coefficient (Wildman–Crippen LogP) is 2.64. The highest BCUT2D eigenvalue weighted by Crippen LogP contribution is 2.26. The highest BCUT2D eigenvalue weighted by atomic mass is 16.7.